The first kappa shape index (κ1) is 14.3. The van der Waals surface area contributed by atoms with Crippen LogP contribution < -0.4 is 5.32 Å². The molecule has 8 heteroatoms. The van der Waals surface area contributed by atoms with Crippen molar-refractivity contribution in [2.45, 2.75) is 26.4 Å². The maximum Gasteiger partial charge on any atom is 0.433 e. The Morgan fingerprint density at radius 1 is 1.25 bits per heavy atom. The minimum absolute atomic E-state index is 0.0481. The predicted octanol–water partition coefficient (Wildman–Crippen LogP) is 2.68. The van der Waals surface area contributed by atoms with Crippen molar-refractivity contribution in [3.05, 3.63) is 30.0 Å². The zero-order valence-corrected chi connectivity index (χ0v) is 11.1. The van der Waals surface area contributed by atoms with Crippen LogP contribution in [-0.2, 0) is 12.6 Å². The maximum atomic E-state index is 12.9. The minimum atomic E-state index is -4.52. The third kappa shape index (κ3) is 2.89. The summed E-state index contributed by atoms with van der Waals surface area (Å²) < 4.78 is 40.1. The lowest BCUT2D eigenvalue weighted by Crippen LogP contribution is -2.14. The van der Waals surface area contributed by atoms with Crippen molar-refractivity contribution in [1.29, 1.82) is 0 Å². The fourth-order valence-corrected chi connectivity index (χ4v) is 1.74. The third-order valence-electron chi connectivity index (χ3n) is 2.62. The van der Waals surface area contributed by atoms with Gasteiger partial charge in [0.05, 0.1) is 0 Å². The van der Waals surface area contributed by atoms with Gasteiger partial charge in [-0.3, -0.25) is 4.57 Å². The van der Waals surface area contributed by atoms with Gasteiger partial charge in [-0.25, -0.2) is 9.97 Å². The second-order valence-corrected chi connectivity index (χ2v) is 4.03. The molecule has 1 N–H and O–H groups in total. The van der Waals surface area contributed by atoms with Gasteiger partial charge in [0.15, 0.2) is 5.69 Å². The predicted molar refractivity (Wildman–Crippen MR) is 67.7 cm³/mol. The average Bonchev–Trinajstić information content (AvgIpc) is 2.86. The molecule has 5 nitrogen and oxygen atoms in total. The van der Waals surface area contributed by atoms with Gasteiger partial charge in [-0.15, -0.1) is 0 Å². The van der Waals surface area contributed by atoms with E-state index in [1.54, 1.807) is 13.1 Å². The zero-order chi connectivity index (χ0) is 14.8. The van der Waals surface area contributed by atoms with E-state index in [1.807, 2.05) is 6.92 Å². The number of nitrogens with zero attached hydrogens (tertiary/aromatic N) is 4. The molecule has 0 aliphatic carbocycles. The number of rotatable bonds is 4. The van der Waals surface area contributed by atoms with E-state index < -0.39 is 11.9 Å². The lowest BCUT2D eigenvalue weighted by atomic mass is 10.3. The molecule has 0 spiro atoms. The summed E-state index contributed by atoms with van der Waals surface area (Å²) in [6.07, 6.45) is -0.818. The Balaban J connectivity index is 2.55. The number of hydrogen-bond acceptors (Lipinski definition) is 4. The molecule has 0 fully saturated rings. The van der Waals surface area contributed by atoms with E-state index >= 15 is 0 Å². The van der Waals surface area contributed by atoms with Crippen LogP contribution in [0.4, 0.5) is 19.1 Å². The molecule has 0 aromatic carbocycles. The van der Waals surface area contributed by atoms with Crippen molar-refractivity contribution in [3.63, 3.8) is 0 Å². The van der Waals surface area contributed by atoms with Gasteiger partial charge in [0.2, 0.25) is 5.95 Å². The first-order valence-electron chi connectivity index (χ1n) is 6.18. The fourth-order valence-electron chi connectivity index (χ4n) is 1.74. The molecule has 0 unspecified atom stereocenters. The average molecular weight is 285 g/mol. The van der Waals surface area contributed by atoms with Crippen molar-refractivity contribution in [2.24, 2.45) is 0 Å². The molecular formula is C12H14F3N5. The van der Waals surface area contributed by atoms with E-state index in [4.69, 9.17) is 0 Å². The topological polar surface area (TPSA) is 55.6 Å². The summed E-state index contributed by atoms with van der Waals surface area (Å²) >= 11 is 0. The Bertz CT molecular complexity index is 591. The molecule has 0 amide bonds. The van der Waals surface area contributed by atoms with Crippen LogP contribution in [0.1, 0.15) is 25.4 Å². The number of aryl methyl sites for hydroxylation is 1. The van der Waals surface area contributed by atoms with Crippen LogP contribution in [-0.4, -0.2) is 26.1 Å². The highest BCUT2D eigenvalue weighted by molar-refractivity contribution is 5.37. The van der Waals surface area contributed by atoms with Gasteiger partial charge in [-0.05, 0) is 6.92 Å². The molecule has 2 aromatic rings. The van der Waals surface area contributed by atoms with Crippen LogP contribution in [0.15, 0.2) is 18.5 Å². The van der Waals surface area contributed by atoms with E-state index in [0.29, 0.717) is 18.8 Å². The number of imidazole rings is 1. The number of hydrogen-bond donors (Lipinski definition) is 1. The summed E-state index contributed by atoms with van der Waals surface area (Å²) in [5, 5.41) is 2.70. The molecular weight excluding hydrogens is 271 g/mol. The molecule has 0 aliphatic heterocycles. The summed E-state index contributed by atoms with van der Waals surface area (Å²) in [7, 11) is 0. The summed E-state index contributed by atoms with van der Waals surface area (Å²) in [5.74, 6) is 0.741. The van der Waals surface area contributed by atoms with Crippen LogP contribution in [0.5, 0.6) is 0 Å². The highest BCUT2D eigenvalue weighted by Gasteiger charge is 2.34. The smallest absolute Gasteiger partial charge is 0.354 e. The number of halogens is 3. The van der Waals surface area contributed by atoms with E-state index in [1.165, 1.54) is 10.8 Å². The Kier molecular flexibility index (Phi) is 3.91. The van der Waals surface area contributed by atoms with Gasteiger partial charge < -0.3 is 5.32 Å². The van der Waals surface area contributed by atoms with Gasteiger partial charge in [-0.1, -0.05) is 6.92 Å². The molecule has 0 saturated carbocycles. The van der Waals surface area contributed by atoms with Crippen molar-refractivity contribution < 1.29 is 13.2 Å². The lowest BCUT2D eigenvalue weighted by Gasteiger charge is -2.12. The monoisotopic (exact) mass is 285 g/mol. The van der Waals surface area contributed by atoms with E-state index in [9.17, 15) is 13.2 Å². The molecule has 0 saturated heterocycles. The molecule has 2 aromatic heterocycles. The first-order chi connectivity index (χ1) is 9.45. The van der Waals surface area contributed by atoms with Gasteiger partial charge >= 0.3 is 6.18 Å². The second-order valence-electron chi connectivity index (χ2n) is 4.03. The number of aromatic nitrogens is 4. The van der Waals surface area contributed by atoms with Crippen molar-refractivity contribution in [3.8, 4) is 5.82 Å². The molecule has 0 aliphatic rings. The van der Waals surface area contributed by atoms with E-state index in [-0.39, 0.29) is 11.8 Å². The summed E-state index contributed by atoms with van der Waals surface area (Å²) in [4.78, 5) is 11.6. The standard InChI is InChI=1S/C12H14F3N5/c1-3-9-17-5-6-20(9)10-7-8(12(13,14)15)18-11(19-10)16-4-2/h5-7H,3-4H2,1-2H3,(H,16,18,19). The van der Waals surface area contributed by atoms with Gasteiger partial charge in [-0.2, -0.15) is 18.2 Å². The van der Waals surface area contributed by atoms with Crippen molar-refractivity contribution >= 4 is 5.95 Å². The van der Waals surface area contributed by atoms with Crippen LogP contribution >= 0.6 is 0 Å². The molecule has 20 heavy (non-hydrogen) atoms. The Hall–Kier alpha value is -2.12. The lowest BCUT2D eigenvalue weighted by molar-refractivity contribution is -0.141. The Morgan fingerprint density at radius 3 is 2.60 bits per heavy atom. The highest BCUT2D eigenvalue weighted by atomic mass is 19.4. The van der Waals surface area contributed by atoms with Crippen molar-refractivity contribution in [2.75, 3.05) is 11.9 Å². The summed E-state index contributed by atoms with van der Waals surface area (Å²) in [6.45, 7) is 4.07. The fraction of sp³-hybridized carbons (Fsp3) is 0.417. The molecule has 2 heterocycles. The molecule has 2 rings (SSSR count). The Labute approximate surface area is 113 Å². The van der Waals surface area contributed by atoms with Crippen LogP contribution in [0.2, 0.25) is 0 Å². The second kappa shape index (κ2) is 5.48. The quantitative estimate of drug-likeness (QED) is 0.938. The number of alkyl halides is 3. The van der Waals surface area contributed by atoms with Crippen LogP contribution in [0.25, 0.3) is 5.82 Å². The van der Waals surface area contributed by atoms with Crippen molar-refractivity contribution in [1.82, 2.24) is 19.5 Å². The number of nitrogens with one attached hydrogen (secondary N) is 1. The first-order valence-corrected chi connectivity index (χ1v) is 6.18. The molecule has 0 radical (unpaired) electrons. The zero-order valence-electron chi connectivity index (χ0n) is 11.1. The Morgan fingerprint density at radius 2 is 2.00 bits per heavy atom. The molecule has 0 atom stereocenters. The van der Waals surface area contributed by atoms with Gasteiger partial charge in [0.1, 0.15) is 11.6 Å². The summed E-state index contributed by atoms with van der Waals surface area (Å²) in [6, 6.07) is 0.918. The third-order valence-corrected chi connectivity index (χ3v) is 2.62. The van der Waals surface area contributed by atoms with Gasteiger partial charge in [0.25, 0.3) is 0 Å². The SMILES string of the molecule is CCNc1nc(-n2ccnc2CC)cc(C(F)(F)F)n1. The minimum Gasteiger partial charge on any atom is -0.354 e. The molecule has 108 valence electrons. The van der Waals surface area contributed by atoms with Crippen LogP contribution in [0.3, 0.4) is 0 Å². The van der Waals surface area contributed by atoms with Crippen LogP contribution in [0, 0.1) is 0 Å². The van der Waals surface area contributed by atoms with Gasteiger partial charge in [0, 0.05) is 31.4 Å². The summed E-state index contributed by atoms with van der Waals surface area (Å²) in [5.41, 5.74) is -0.978. The van der Waals surface area contributed by atoms with E-state index in [2.05, 4.69) is 20.3 Å². The largest absolute Gasteiger partial charge is 0.433 e. The normalized spacial score (nSPS) is 11.7. The molecule has 0 bridgehead atoms. The highest BCUT2D eigenvalue weighted by Crippen LogP contribution is 2.29. The number of anilines is 1. The van der Waals surface area contributed by atoms with E-state index in [0.717, 1.165) is 6.07 Å². The maximum absolute atomic E-state index is 12.9.